The van der Waals surface area contributed by atoms with Gasteiger partial charge in [-0.25, -0.2) is 0 Å². The van der Waals surface area contributed by atoms with Crippen molar-refractivity contribution in [1.29, 1.82) is 0 Å². The third-order valence-corrected chi connectivity index (χ3v) is 2.80. The Morgan fingerprint density at radius 2 is 2.13 bits per heavy atom. The molecule has 0 heterocycles. The van der Waals surface area contributed by atoms with Crippen molar-refractivity contribution in [2.24, 2.45) is 0 Å². The van der Waals surface area contributed by atoms with Crippen molar-refractivity contribution in [3.05, 3.63) is 26.3 Å². The van der Waals surface area contributed by atoms with E-state index in [1.807, 2.05) is 22.6 Å². The number of hydrogen-bond donors (Lipinski definition) is 0. The van der Waals surface area contributed by atoms with Crippen LogP contribution in [0.2, 0.25) is 5.02 Å². The minimum atomic E-state index is -2.96. The predicted octanol–water partition coefficient (Wildman–Crippen LogP) is 3.75. The molecule has 0 bridgehead atoms. The summed E-state index contributed by atoms with van der Waals surface area (Å²) in [7, 11) is 0. The van der Waals surface area contributed by atoms with Gasteiger partial charge in [0.05, 0.1) is 5.02 Å². The third kappa shape index (κ3) is 3.27. The van der Waals surface area contributed by atoms with Crippen LogP contribution in [0.15, 0.2) is 12.1 Å². The van der Waals surface area contributed by atoms with Gasteiger partial charge in [0.2, 0.25) is 0 Å². The third-order valence-electron chi connectivity index (χ3n) is 1.62. The van der Waals surface area contributed by atoms with E-state index in [1.165, 1.54) is 19.1 Å². The van der Waals surface area contributed by atoms with Crippen LogP contribution in [0.5, 0.6) is 5.75 Å². The minimum Gasteiger partial charge on any atom is -0.433 e. The van der Waals surface area contributed by atoms with E-state index in [-0.39, 0.29) is 16.6 Å². The molecule has 0 aliphatic rings. The van der Waals surface area contributed by atoms with Gasteiger partial charge in [0.25, 0.3) is 0 Å². The minimum absolute atomic E-state index is 0.0599. The summed E-state index contributed by atoms with van der Waals surface area (Å²) in [6.45, 7) is -1.61. The van der Waals surface area contributed by atoms with Crippen molar-refractivity contribution in [3.63, 3.8) is 0 Å². The summed E-state index contributed by atoms with van der Waals surface area (Å²) in [5.41, 5.74) is 0.315. The van der Waals surface area contributed by atoms with Gasteiger partial charge in [-0.1, -0.05) is 11.6 Å². The Morgan fingerprint density at radius 1 is 1.53 bits per heavy atom. The molecule has 6 heteroatoms. The van der Waals surface area contributed by atoms with Crippen LogP contribution in [0.25, 0.3) is 0 Å². The molecule has 0 aliphatic heterocycles. The molecule has 2 nitrogen and oxygen atoms in total. The predicted molar refractivity (Wildman–Crippen MR) is 60.8 cm³/mol. The number of rotatable bonds is 3. The smallest absolute Gasteiger partial charge is 0.387 e. The van der Waals surface area contributed by atoms with Crippen LogP contribution in [-0.4, -0.2) is 12.4 Å². The van der Waals surface area contributed by atoms with E-state index in [4.69, 9.17) is 11.6 Å². The maximum Gasteiger partial charge on any atom is 0.387 e. The van der Waals surface area contributed by atoms with Crippen LogP contribution in [0.3, 0.4) is 0 Å². The lowest BCUT2D eigenvalue weighted by Gasteiger charge is -2.09. The van der Waals surface area contributed by atoms with Gasteiger partial charge in [-0.2, -0.15) is 8.78 Å². The Morgan fingerprint density at radius 3 is 2.60 bits per heavy atom. The van der Waals surface area contributed by atoms with Crippen molar-refractivity contribution in [3.8, 4) is 5.75 Å². The van der Waals surface area contributed by atoms with E-state index in [9.17, 15) is 13.6 Å². The van der Waals surface area contributed by atoms with Crippen molar-refractivity contribution in [1.82, 2.24) is 0 Å². The number of alkyl halides is 2. The fourth-order valence-electron chi connectivity index (χ4n) is 0.985. The van der Waals surface area contributed by atoms with Gasteiger partial charge in [0.15, 0.2) is 5.78 Å². The molecule has 0 amide bonds. The van der Waals surface area contributed by atoms with Gasteiger partial charge in [0, 0.05) is 9.13 Å². The zero-order valence-electron chi connectivity index (χ0n) is 7.56. The van der Waals surface area contributed by atoms with E-state index in [0.29, 0.717) is 9.13 Å². The number of Topliss-reactive ketones (excluding diaryl/α,β-unsaturated/α-hetero) is 1. The lowest BCUT2D eigenvalue weighted by atomic mass is 10.1. The highest BCUT2D eigenvalue weighted by atomic mass is 127. The average Bonchev–Trinajstić information content (AvgIpc) is 2.08. The lowest BCUT2D eigenvalue weighted by Crippen LogP contribution is -2.05. The largest absolute Gasteiger partial charge is 0.433 e. The van der Waals surface area contributed by atoms with Crippen molar-refractivity contribution >= 4 is 40.0 Å². The molecule has 0 aromatic heterocycles. The number of ether oxygens (including phenoxy) is 1. The molecule has 0 fully saturated rings. The van der Waals surface area contributed by atoms with E-state index in [0.717, 1.165) is 0 Å². The van der Waals surface area contributed by atoms with Gasteiger partial charge >= 0.3 is 6.61 Å². The fraction of sp³-hybridized carbons (Fsp3) is 0.222. The Kier molecular flexibility index (Phi) is 4.27. The molecule has 0 atom stereocenters. The van der Waals surface area contributed by atoms with Gasteiger partial charge in [-0.3, -0.25) is 4.79 Å². The second-order valence-corrected chi connectivity index (χ2v) is 4.27. The second kappa shape index (κ2) is 5.07. The Balaban J connectivity index is 3.17. The van der Waals surface area contributed by atoms with Crippen LogP contribution in [-0.2, 0) is 0 Å². The van der Waals surface area contributed by atoms with Crippen molar-refractivity contribution < 1.29 is 18.3 Å². The maximum absolute atomic E-state index is 12.0. The molecule has 0 N–H and O–H groups in total. The highest BCUT2D eigenvalue weighted by molar-refractivity contribution is 14.1. The first-order chi connectivity index (χ1) is 6.91. The van der Waals surface area contributed by atoms with Crippen LogP contribution in [0.1, 0.15) is 17.3 Å². The highest BCUT2D eigenvalue weighted by Crippen LogP contribution is 2.30. The molecule has 0 radical (unpaired) electrons. The Hall–Kier alpha value is -0.430. The molecule has 1 rings (SSSR count). The highest BCUT2D eigenvalue weighted by Gasteiger charge is 2.14. The SMILES string of the molecule is CC(=O)c1cc(OC(F)F)c(Cl)cc1I. The normalized spacial score (nSPS) is 10.5. The second-order valence-electron chi connectivity index (χ2n) is 2.70. The number of carbonyl (C=O) groups is 1. The van der Waals surface area contributed by atoms with Crippen molar-refractivity contribution in [2.75, 3.05) is 0 Å². The number of benzene rings is 1. The molecular weight excluding hydrogens is 340 g/mol. The molecule has 82 valence electrons. The summed E-state index contributed by atoms with van der Waals surface area (Å²) < 4.78 is 28.7. The lowest BCUT2D eigenvalue weighted by molar-refractivity contribution is -0.0498. The standard InChI is InChI=1S/C9H6ClF2IO2/c1-4(14)5-2-8(15-9(11)12)6(10)3-7(5)13/h2-3,9H,1H3. The van der Waals surface area contributed by atoms with Gasteiger partial charge in [-0.15, -0.1) is 0 Å². The molecule has 1 aromatic carbocycles. The topological polar surface area (TPSA) is 26.3 Å². The molecule has 0 spiro atoms. The number of carbonyl (C=O) groups excluding carboxylic acids is 1. The van der Waals surface area contributed by atoms with Gasteiger partial charge < -0.3 is 4.74 Å². The zero-order chi connectivity index (χ0) is 11.6. The number of ketones is 1. The summed E-state index contributed by atoms with van der Waals surface area (Å²) in [4.78, 5) is 11.1. The van der Waals surface area contributed by atoms with Crippen LogP contribution in [0.4, 0.5) is 8.78 Å². The molecule has 0 unspecified atom stereocenters. The number of hydrogen-bond acceptors (Lipinski definition) is 2. The monoisotopic (exact) mass is 346 g/mol. The zero-order valence-corrected chi connectivity index (χ0v) is 10.5. The quantitative estimate of drug-likeness (QED) is 0.615. The fourth-order valence-corrected chi connectivity index (χ4v) is 2.22. The first kappa shape index (κ1) is 12.6. The molecule has 0 aliphatic carbocycles. The van der Waals surface area contributed by atoms with Crippen LogP contribution in [0, 0.1) is 3.57 Å². The Bertz CT molecular complexity index is 396. The summed E-state index contributed by atoms with van der Waals surface area (Å²) in [6, 6.07) is 2.63. The first-order valence-electron chi connectivity index (χ1n) is 3.86. The van der Waals surface area contributed by atoms with Crippen LogP contribution < -0.4 is 4.74 Å². The van der Waals surface area contributed by atoms with Crippen LogP contribution >= 0.6 is 34.2 Å². The van der Waals surface area contributed by atoms with E-state index >= 15 is 0 Å². The number of halogens is 4. The molecule has 1 aromatic rings. The van der Waals surface area contributed by atoms with E-state index < -0.39 is 6.61 Å². The van der Waals surface area contributed by atoms with E-state index in [1.54, 1.807) is 0 Å². The summed E-state index contributed by atoms with van der Waals surface area (Å²) in [5.74, 6) is -0.410. The summed E-state index contributed by atoms with van der Waals surface area (Å²) >= 11 is 7.58. The summed E-state index contributed by atoms with van der Waals surface area (Å²) in [6.07, 6.45) is 0. The molecule has 0 saturated heterocycles. The van der Waals surface area contributed by atoms with Gasteiger partial charge in [-0.05, 0) is 41.6 Å². The molecule has 0 saturated carbocycles. The average molecular weight is 346 g/mol. The molecular formula is C9H6ClF2IO2. The van der Waals surface area contributed by atoms with Gasteiger partial charge in [0.1, 0.15) is 5.75 Å². The first-order valence-corrected chi connectivity index (χ1v) is 5.32. The maximum atomic E-state index is 12.0. The molecule has 15 heavy (non-hydrogen) atoms. The summed E-state index contributed by atoms with van der Waals surface area (Å²) in [5, 5.41) is 0.0599. The Labute approximate surface area is 104 Å². The van der Waals surface area contributed by atoms with Crippen molar-refractivity contribution in [2.45, 2.75) is 13.5 Å². The van der Waals surface area contributed by atoms with E-state index in [2.05, 4.69) is 4.74 Å².